The number of anilines is 1. The molecule has 0 bridgehead atoms. The van der Waals surface area contributed by atoms with Crippen LogP contribution < -0.4 is 19.7 Å². The smallest absolute Gasteiger partial charge is 0.225 e. The molecule has 0 saturated carbocycles. The second kappa shape index (κ2) is 9.51. The molecule has 0 spiro atoms. The van der Waals surface area contributed by atoms with Crippen LogP contribution in [0, 0.1) is 5.92 Å². The first-order chi connectivity index (χ1) is 15.1. The van der Waals surface area contributed by atoms with Gasteiger partial charge in [-0.2, -0.15) is 0 Å². The predicted molar refractivity (Wildman–Crippen MR) is 123 cm³/mol. The van der Waals surface area contributed by atoms with Crippen LogP contribution in [0.2, 0.25) is 0 Å². The standard InChI is InChI=1S/C23H28N4O3S/c1-4-18-11-19-21(25-14-26-23(19)31-18)27-9-5-6-15(13-27)22(28)24-12-16-10-17(29-2)7-8-20(16)30-3/h7-8,10-11,14-15H,4-6,9,12-13H2,1-3H3,(H,24,28)/t15-/m1/s1. The van der Waals surface area contributed by atoms with Gasteiger partial charge in [-0.1, -0.05) is 6.92 Å². The molecule has 4 rings (SSSR count). The second-order valence-electron chi connectivity index (χ2n) is 7.66. The molecule has 0 unspecified atom stereocenters. The number of hydrogen-bond donors (Lipinski definition) is 1. The number of amides is 1. The quantitative estimate of drug-likeness (QED) is 0.602. The molecule has 0 radical (unpaired) electrons. The summed E-state index contributed by atoms with van der Waals surface area (Å²) in [6.07, 6.45) is 4.44. The van der Waals surface area contributed by atoms with Crippen molar-refractivity contribution in [2.24, 2.45) is 5.92 Å². The third-order valence-corrected chi connectivity index (χ3v) is 6.93. The number of thiophene rings is 1. The van der Waals surface area contributed by atoms with Crippen LogP contribution >= 0.6 is 11.3 Å². The SMILES string of the molecule is CCc1cc2c(N3CCC[C@@H](C(=O)NCc4cc(OC)ccc4OC)C3)ncnc2s1. The summed E-state index contributed by atoms with van der Waals surface area (Å²) in [6, 6.07) is 7.79. The lowest BCUT2D eigenvalue weighted by Gasteiger charge is -2.33. The van der Waals surface area contributed by atoms with Crippen LogP contribution in [0.1, 0.15) is 30.2 Å². The van der Waals surface area contributed by atoms with Gasteiger partial charge < -0.3 is 19.7 Å². The Labute approximate surface area is 186 Å². The molecular weight excluding hydrogens is 412 g/mol. The van der Waals surface area contributed by atoms with Crippen molar-refractivity contribution < 1.29 is 14.3 Å². The summed E-state index contributed by atoms with van der Waals surface area (Å²) in [5.41, 5.74) is 0.894. The van der Waals surface area contributed by atoms with E-state index >= 15 is 0 Å². The fraction of sp³-hybridized carbons (Fsp3) is 0.435. The van der Waals surface area contributed by atoms with E-state index in [4.69, 9.17) is 9.47 Å². The highest BCUT2D eigenvalue weighted by molar-refractivity contribution is 7.18. The Balaban J connectivity index is 1.46. The number of aryl methyl sites for hydroxylation is 1. The van der Waals surface area contributed by atoms with Gasteiger partial charge in [0, 0.05) is 30.1 Å². The first-order valence-electron chi connectivity index (χ1n) is 10.6. The molecule has 1 aliphatic heterocycles. The Morgan fingerprint density at radius 3 is 2.90 bits per heavy atom. The Morgan fingerprint density at radius 1 is 1.26 bits per heavy atom. The summed E-state index contributed by atoms with van der Waals surface area (Å²) in [6.45, 7) is 4.11. The van der Waals surface area contributed by atoms with Crippen molar-refractivity contribution in [3.8, 4) is 11.5 Å². The zero-order valence-electron chi connectivity index (χ0n) is 18.2. The minimum absolute atomic E-state index is 0.0550. The highest BCUT2D eigenvalue weighted by atomic mass is 32.1. The number of nitrogens with zero attached hydrogens (tertiary/aromatic N) is 3. The lowest BCUT2D eigenvalue weighted by Crippen LogP contribution is -2.43. The van der Waals surface area contributed by atoms with Crippen LogP contribution in [0.25, 0.3) is 10.2 Å². The highest BCUT2D eigenvalue weighted by Crippen LogP contribution is 2.32. The Kier molecular flexibility index (Phi) is 6.56. The van der Waals surface area contributed by atoms with Crippen molar-refractivity contribution in [2.75, 3.05) is 32.2 Å². The molecule has 3 aromatic rings. The topological polar surface area (TPSA) is 76.6 Å². The fourth-order valence-electron chi connectivity index (χ4n) is 4.05. The lowest BCUT2D eigenvalue weighted by molar-refractivity contribution is -0.125. The molecule has 1 aromatic carbocycles. The Bertz CT molecular complexity index is 1070. The number of ether oxygens (including phenoxy) is 2. The summed E-state index contributed by atoms with van der Waals surface area (Å²) >= 11 is 1.72. The van der Waals surface area contributed by atoms with Gasteiger partial charge in [-0.3, -0.25) is 4.79 Å². The zero-order valence-corrected chi connectivity index (χ0v) is 19.0. The average Bonchev–Trinajstić information content (AvgIpc) is 3.26. The van der Waals surface area contributed by atoms with Crippen molar-refractivity contribution in [1.82, 2.24) is 15.3 Å². The molecule has 2 aromatic heterocycles. The number of hydrogen-bond acceptors (Lipinski definition) is 7. The molecule has 1 fully saturated rings. The Hall–Kier alpha value is -2.87. The maximum absolute atomic E-state index is 13.0. The van der Waals surface area contributed by atoms with Gasteiger partial charge in [-0.25, -0.2) is 9.97 Å². The van der Waals surface area contributed by atoms with E-state index < -0.39 is 0 Å². The minimum atomic E-state index is -0.0837. The summed E-state index contributed by atoms with van der Waals surface area (Å²) in [4.78, 5) is 26.5. The van der Waals surface area contributed by atoms with E-state index in [0.29, 0.717) is 13.1 Å². The number of carbonyl (C=O) groups is 1. The molecule has 1 aliphatic rings. The van der Waals surface area contributed by atoms with Gasteiger partial charge in [0.15, 0.2) is 0 Å². The molecule has 1 N–H and O–H groups in total. The van der Waals surface area contributed by atoms with Gasteiger partial charge in [-0.15, -0.1) is 11.3 Å². The zero-order chi connectivity index (χ0) is 21.8. The fourth-order valence-corrected chi connectivity index (χ4v) is 4.98. The van der Waals surface area contributed by atoms with Crippen LogP contribution in [0.5, 0.6) is 11.5 Å². The lowest BCUT2D eigenvalue weighted by atomic mass is 9.96. The van der Waals surface area contributed by atoms with E-state index in [9.17, 15) is 4.79 Å². The van der Waals surface area contributed by atoms with Crippen LogP contribution in [0.3, 0.4) is 0 Å². The van der Waals surface area contributed by atoms with Crippen LogP contribution in [-0.2, 0) is 17.8 Å². The minimum Gasteiger partial charge on any atom is -0.497 e. The first kappa shape index (κ1) is 21.4. The first-order valence-corrected chi connectivity index (χ1v) is 11.4. The number of methoxy groups -OCH3 is 2. The van der Waals surface area contributed by atoms with E-state index in [0.717, 1.165) is 58.9 Å². The largest absolute Gasteiger partial charge is 0.497 e. The molecule has 8 heteroatoms. The van der Waals surface area contributed by atoms with E-state index in [1.54, 1.807) is 31.9 Å². The van der Waals surface area contributed by atoms with Crippen molar-refractivity contribution in [3.63, 3.8) is 0 Å². The maximum Gasteiger partial charge on any atom is 0.225 e. The number of carbonyl (C=O) groups excluding carboxylic acids is 1. The maximum atomic E-state index is 13.0. The van der Waals surface area contributed by atoms with Gasteiger partial charge >= 0.3 is 0 Å². The van der Waals surface area contributed by atoms with Gasteiger partial charge in [0.05, 0.1) is 25.5 Å². The van der Waals surface area contributed by atoms with Crippen LogP contribution in [-0.4, -0.2) is 43.2 Å². The summed E-state index contributed by atoms with van der Waals surface area (Å²) in [7, 11) is 3.25. The molecule has 1 saturated heterocycles. The van der Waals surface area contributed by atoms with Crippen molar-refractivity contribution in [2.45, 2.75) is 32.7 Å². The molecule has 1 amide bonds. The third kappa shape index (κ3) is 4.58. The van der Waals surface area contributed by atoms with Crippen LogP contribution in [0.4, 0.5) is 5.82 Å². The molecular formula is C23H28N4O3S. The van der Waals surface area contributed by atoms with Gasteiger partial charge in [0.25, 0.3) is 0 Å². The van der Waals surface area contributed by atoms with Crippen molar-refractivity contribution in [1.29, 1.82) is 0 Å². The average molecular weight is 441 g/mol. The highest BCUT2D eigenvalue weighted by Gasteiger charge is 2.28. The Morgan fingerprint density at radius 2 is 2.13 bits per heavy atom. The molecule has 3 heterocycles. The van der Waals surface area contributed by atoms with Crippen molar-refractivity contribution in [3.05, 3.63) is 41.0 Å². The summed E-state index contributed by atoms with van der Waals surface area (Å²) in [5.74, 6) is 2.38. The number of piperidine rings is 1. The normalized spacial score (nSPS) is 16.4. The third-order valence-electron chi connectivity index (χ3n) is 5.74. The molecule has 0 aliphatic carbocycles. The van der Waals surface area contributed by atoms with E-state index in [1.165, 1.54) is 4.88 Å². The number of fused-ring (bicyclic) bond motifs is 1. The van der Waals surface area contributed by atoms with Crippen molar-refractivity contribution >= 4 is 33.3 Å². The van der Waals surface area contributed by atoms with Gasteiger partial charge in [0.1, 0.15) is 28.5 Å². The summed E-state index contributed by atoms with van der Waals surface area (Å²) < 4.78 is 10.7. The number of benzene rings is 1. The van der Waals surface area contributed by atoms with E-state index in [1.807, 2.05) is 18.2 Å². The molecule has 7 nitrogen and oxygen atoms in total. The van der Waals surface area contributed by atoms with Gasteiger partial charge in [0.2, 0.25) is 5.91 Å². The van der Waals surface area contributed by atoms with Gasteiger partial charge in [-0.05, 0) is 43.5 Å². The second-order valence-corrected chi connectivity index (χ2v) is 8.78. The monoisotopic (exact) mass is 440 g/mol. The number of rotatable bonds is 7. The molecule has 164 valence electrons. The van der Waals surface area contributed by atoms with Crippen LogP contribution in [0.15, 0.2) is 30.6 Å². The number of aromatic nitrogens is 2. The number of nitrogens with one attached hydrogen (secondary N) is 1. The predicted octanol–water partition coefficient (Wildman–Crippen LogP) is 3.80. The van der Waals surface area contributed by atoms with E-state index in [-0.39, 0.29) is 11.8 Å². The van der Waals surface area contributed by atoms with E-state index in [2.05, 4.69) is 33.2 Å². The molecule has 1 atom stereocenters. The molecule has 31 heavy (non-hydrogen) atoms. The summed E-state index contributed by atoms with van der Waals surface area (Å²) in [5, 5.41) is 4.17.